The number of benzene rings is 1. The summed E-state index contributed by atoms with van der Waals surface area (Å²) >= 11 is 0. The van der Waals surface area contributed by atoms with Crippen molar-refractivity contribution in [3.63, 3.8) is 0 Å². The molecule has 4 nitrogen and oxygen atoms in total. The van der Waals surface area contributed by atoms with Gasteiger partial charge in [0.25, 0.3) is 0 Å². The Balaban J connectivity index is 0.00000182. The van der Waals surface area contributed by atoms with E-state index in [0.29, 0.717) is 0 Å². The van der Waals surface area contributed by atoms with Gasteiger partial charge in [0.2, 0.25) is 0 Å². The summed E-state index contributed by atoms with van der Waals surface area (Å²) in [6.45, 7) is 8.16. The number of likely N-dealkylation sites (tertiary alicyclic amines) is 1. The fraction of sp³-hybridized carbons (Fsp3) is 0.450. The molecular weight excluding hydrogens is 332 g/mol. The molecule has 0 aliphatic carbocycles. The van der Waals surface area contributed by atoms with Gasteiger partial charge in [0.15, 0.2) is 0 Å². The lowest BCUT2D eigenvalue weighted by Gasteiger charge is -2.32. The molecule has 1 N–H and O–H groups in total. The summed E-state index contributed by atoms with van der Waals surface area (Å²) in [5.41, 5.74) is 3.86. The summed E-state index contributed by atoms with van der Waals surface area (Å²) < 4.78 is 0. The maximum Gasteiger partial charge on any atom is 0.0346 e. The number of hydrogen-bond donors (Lipinski definition) is 1. The van der Waals surface area contributed by atoms with Gasteiger partial charge < -0.3 is 5.32 Å². The molecule has 1 aromatic heterocycles. The van der Waals surface area contributed by atoms with Crippen LogP contribution in [0.15, 0.2) is 48.8 Å². The molecule has 2 aliphatic rings. The second-order valence-electron chi connectivity index (χ2n) is 6.91. The first-order valence-corrected chi connectivity index (χ1v) is 9.05. The van der Waals surface area contributed by atoms with Crippen LogP contribution < -0.4 is 5.32 Å². The van der Waals surface area contributed by atoms with Crippen LogP contribution >= 0.6 is 12.4 Å². The number of pyridine rings is 1. The number of aromatic nitrogens is 1. The van der Waals surface area contributed by atoms with E-state index in [9.17, 15) is 0 Å². The zero-order valence-corrected chi connectivity index (χ0v) is 15.4. The maximum absolute atomic E-state index is 4.23. The van der Waals surface area contributed by atoms with Gasteiger partial charge >= 0.3 is 0 Å². The molecule has 4 rings (SSSR count). The zero-order valence-electron chi connectivity index (χ0n) is 14.6. The summed E-state index contributed by atoms with van der Waals surface area (Å²) in [6, 6.07) is 13.8. The third kappa shape index (κ3) is 4.59. The van der Waals surface area contributed by atoms with E-state index in [4.69, 9.17) is 0 Å². The van der Waals surface area contributed by atoms with Crippen LogP contribution in [0.5, 0.6) is 0 Å². The largest absolute Gasteiger partial charge is 0.314 e. The highest BCUT2D eigenvalue weighted by Crippen LogP contribution is 2.22. The molecule has 5 heteroatoms. The lowest BCUT2D eigenvalue weighted by Crippen LogP contribution is -2.49. The minimum absolute atomic E-state index is 0. The molecule has 25 heavy (non-hydrogen) atoms. The van der Waals surface area contributed by atoms with Crippen molar-refractivity contribution >= 4 is 12.4 Å². The molecule has 0 saturated carbocycles. The molecule has 2 aromatic rings. The normalized spacial score (nSPS) is 21.8. The first-order chi connectivity index (χ1) is 11.9. The molecule has 2 saturated heterocycles. The average molecular weight is 359 g/mol. The van der Waals surface area contributed by atoms with Gasteiger partial charge in [-0.3, -0.25) is 14.8 Å². The quantitative estimate of drug-likeness (QED) is 0.910. The topological polar surface area (TPSA) is 31.4 Å². The van der Waals surface area contributed by atoms with E-state index in [0.717, 1.165) is 25.7 Å². The fourth-order valence-electron chi connectivity index (χ4n) is 3.94. The Labute approximate surface area is 156 Å². The van der Waals surface area contributed by atoms with Crippen molar-refractivity contribution in [2.45, 2.75) is 19.0 Å². The van der Waals surface area contributed by atoms with E-state index < -0.39 is 0 Å². The van der Waals surface area contributed by atoms with Gasteiger partial charge in [0, 0.05) is 64.2 Å². The molecule has 2 aliphatic heterocycles. The SMILES string of the molecule is Cl.c1cncc(-c2cccc(CN3CCC(N4CCNCC4)C3)c2)c1. The maximum atomic E-state index is 4.23. The van der Waals surface area contributed by atoms with E-state index in [-0.39, 0.29) is 12.4 Å². The summed E-state index contributed by atoms with van der Waals surface area (Å²) in [5, 5.41) is 3.45. The van der Waals surface area contributed by atoms with Gasteiger partial charge in [-0.15, -0.1) is 12.4 Å². The first kappa shape index (κ1) is 18.3. The number of piperazine rings is 1. The molecule has 3 heterocycles. The second-order valence-corrected chi connectivity index (χ2v) is 6.91. The summed E-state index contributed by atoms with van der Waals surface area (Å²) in [7, 11) is 0. The van der Waals surface area contributed by atoms with Crippen molar-refractivity contribution in [1.82, 2.24) is 20.1 Å². The minimum Gasteiger partial charge on any atom is -0.314 e. The molecule has 0 spiro atoms. The number of rotatable bonds is 4. The highest BCUT2D eigenvalue weighted by Gasteiger charge is 2.28. The van der Waals surface area contributed by atoms with Crippen molar-refractivity contribution in [2.75, 3.05) is 39.3 Å². The van der Waals surface area contributed by atoms with Crippen molar-refractivity contribution in [2.24, 2.45) is 0 Å². The van der Waals surface area contributed by atoms with Crippen LogP contribution in [-0.4, -0.2) is 60.1 Å². The van der Waals surface area contributed by atoms with E-state index in [2.05, 4.69) is 50.4 Å². The molecule has 0 amide bonds. The Bertz CT molecular complexity index is 658. The van der Waals surface area contributed by atoms with Crippen molar-refractivity contribution in [3.05, 3.63) is 54.4 Å². The van der Waals surface area contributed by atoms with Gasteiger partial charge in [-0.2, -0.15) is 0 Å². The summed E-state index contributed by atoms with van der Waals surface area (Å²) in [5.74, 6) is 0. The van der Waals surface area contributed by atoms with Crippen LogP contribution in [0.1, 0.15) is 12.0 Å². The lowest BCUT2D eigenvalue weighted by molar-refractivity contribution is 0.170. The molecule has 2 fully saturated rings. The number of nitrogens with one attached hydrogen (secondary N) is 1. The highest BCUT2D eigenvalue weighted by atomic mass is 35.5. The molecule has 1 aromatic carbocycles. The molecule has 134 valence electrons. The monoisotopic (exact) mass is 358 g/mol. The van der Waals surface area contributed by atoms with Crippen molar-refractivity contribution in [3.8, 4) is 11.1 Å². The van der Waals surface area contributed by atoms with Gasteiger partial charge in [-0.1, -0.05) is 24.3 Å². The van der Waals surface area contributed by atoms with Gasteiger partial charge in [0.05, 0.1) is 0 Å². The van der Waals surface area contributed by atoms with Crippen LogP contribution in [0, 0.1) is 0 Å². The van der Waals surface area contributed by atoms with Crippen LogP contribution in [0.2, 0.25) is 0 Å². The Morgan fingerprint density at radius 3 is 2.68 bits per heavy atom. The van der Waals surface area contributed by atoms with Crippen LogP contribution in [0.25, 0.3) is 11.1 Å². The van der Waals surface area contributed by atoms with E-state index >= 15 is 0 Å². The van der Waals surface area contributed by atoms with Crippen LogP contribution in [0.4, 0.5) is 0 Å². The fourth-order valence-corrected chi connectivity index (χ4v) is 3.94. The van der Waals surface area contributed by atoms with Gasteiger partial charge in [0.1, 0.15) is 0 Å². The van der Waals surface area contributed by atoms with E-state index in [1.165, 1.54) is 49.3 Å². The van der Waals surface area contributed by atoms with Crippen LogP contribution in [0.3, 0.4) is 0 Å². The second kappa shape index (κ2) is 8.77. The molecule has 1 unspecified atom stereocenters. The molecular formula is C20H27ClN4. The Kier molecular flexibility index (Phi) is 6.43. The standard InChI is InChI=1S/C20H26N4.ClH/c1-3-17(13-18(4-1)19-5-2-7-22-14-19)15-23-10-6-20(16-23)24-11-8-21-9-12-24;/h1-5,7,13-14,20-21H,6,8-12,15-16H2;1H. The average Bonchev–Trinajstić information content (AvgIpc) is 3.12. The molecule has 1 atom stereocenters. The van der Waals surface area contributed by atoms with Crippen molar-refractivity contribution < 1.29 is 0 Å². The number of halogens is 1. The summed E-state index contributed by atoms with van der Waals surface area (Å²) in [6.07, 6.45) is 5.07. The van der Waals surface area contributed by atoms with Crippen LogP contribution in [-0.2, 0) is 6.54 Å². The Hall–Kier alpha value is -1.46. The van der Waals surface area contributed by atoms with Gasteiger partial charge in [-0.05, 0) is 35.2 Å². The number of nitrogens with zero attached hydrogens (tertiary/aromatic N) is 3. The van der Waals surface area contributed by atoms with Gasteiger partial charge in [-0.25, -0.2) is 0 Å². The first-order valence-electron chi connectivity index (χ1n) is 9.05. The Morgan fingerprint density at radius 1 is 1.04 bits per heavy atom. The van der Waals surface area contributed by atoms with Crippen molar-refractivity contribution in [1.29, 1.82) is 0 Å². The minimum atomic E-state index is 0. The summed E-state index contributed by atoms with van der Waals surface area (Å²) in [4.78, 5) is 9.51. The Morgan fingerprint density at radius 2 is 1.88 bits per heavy atom. The predicted molar refractivity (Wildman–Crippen MR) is 105 cm³/mol. The zero-order chi connectivity index (χ0) is 16.2. The lowest BCUT2D eigenvalue weighted by atomic mass is 10.0. The highest BCUT2D eigenvalue weighted by molar-refractivity contribution is 5.85. The molecule has 0 bridgehead atoms. The predicted octanol–water partition coefficient (Wildman–Crippen LogP) is 2.65. The number of hydrogen-bond acceptors (Lipinski definition) is 4. The molecule has 0 radical (unpaired) electrons. The third-order valence-corrected chi connectivity index (χ3v) is 5.24. The smallest absolute Gasteiger partial charge is 0.0346 e. The van der Waals surface area contributed by atoms with E-state index in [1.807, 2.05) is 18.5 Å². The van der Waals surface area contributed by atoms with E-state index in [1.54, 1.807) is 0 Å². The third-order valence-electron chi connectivity index (χ3n) is 5.24.